The Hall–Kier alpha value is -3.07. The Bertz CT molecular complexity index is 1540. The number of anilines is 1. The fourth-order valence-corrected chi connectivity index (χ4v) is 6.99. The number of halogens is 2. The molecular weight excluding hydrogens is 605 g/mol. The molecule has 1 fully saturated rings. The molecule has 0 spiro atoms. The minimum atomic E-state index is -3.85. The van der Waals surface area contributed by atoms with Crippen LogP contribution in [-0.4, -0.2) is 50.0 Å². The van der Waals surface area contributed by atoms with Gasteiger partial charge in [0.2, 0.25) is 21.8 Å². The van der Waals surface area contributed by atoms with Gasteiger partial charge in [0, 0.05) is 29.1 Å². The van der Waals surface area contributed by atoms with Crippen LogP contribution in [0.2, 0.25) is 10.0 Å². The Morgan fingerprint density at radius 1 is 0.953 bits per heavy atom. The SMILES string of the molecule is Cc1ccc(N(CC(=O)N(Cc2ccc(Cl)cc2Cl)C(Cc2ccccc2)C(=O)NC2CCCCC2)S(C)(=O)=O)c(C)c1. The van der Waals surface area contributed by atoms with E-state index in [1.54, 1.807) is 24.3 Å². The minimum absolute atomic E-state index is 0.00506. The summed E-state index contributed by atoms with van der Waals surface area (Å²) in [5.74, 6) is -0.789. The molecule has 0 radical (unpaired) electrons. The number of benzene rings is 3. The van der Waals surface area contributed by atoms with Gasteiger partial charge in [0.15, 0.2) is 0 Å². The summed E-state index contributed by atoms with van der Waals surface area (Å²) in [6.07, 6.45) is 6.31. The quantitative estimate of drug-likeness (QED) is 0.260. The van der Waals surface area contributed by atoms with Gasteiger partial charge in [-0.05, 0) is 61.6 Å². The molecule has 4 rings (SSSR count). The second-order valence-electron chi connectivity index (χ2n) is 11.4. The smallest absolute Gasteiger partial charge is 0.244 e. The van der Waals surface area contributed by atoms with E-state index in [4.69, 9.17) is 23.2 Å². The van der Waals surface area contributed by atoms with E-state index in [2.05, 4.69) is 5.32 Å². The summed E-state index contributed by atoms with van der Waals surface area (Å²) < 4.78 is 27.3. The molecule has 0 aromatic heterocycles. The van der Waals surface area contributed by atoms with Crippen molar-refractivity contribution in [1.82, 2.24) is 10.2 Å². The zero-order valence-corrected chi connectivity index (χ0v) is 27.2. The number of carbonyl (C=O) groups is 2. The molecule has 0 saturated heterocycles. The van der Waals surface area contributed by atoms with Crippen LogP contribution in [0.15, 0.2) is 66.7 Å². The van der Waals surface area contributed by atoms with Crippen LogP contribution in [0.1, 0.15) is 54.4 Å². The van der Waals surface area contributed by atoms with Crippen LogP contribution in [0.3, 0.4) is 0 Å². The van der Waals surface area contributed by atoms with Crippen LogP contribution in [0.25, 0.3) is 0 Å². The number of amides is 2. The summed E-state index contributed by atoms with van der Waals surface area (Å²) in [6.45, 7) is 3.25. The summed E-state index contributed by atoms with van der Waals surface area (Å²) >= 11 is 12.7. The molecule has 230 valence electrons. The van der Waals surface area contributed by atoms with Gasteiger partial charge in [-0.25, -0.2) is 8.42 Å². The van der Waals surface area contributed by atoms with Crippen molar-refractivity contribution in [2.45, 2.75) is 71.0 Å². The van der Waals surface area contributed by atoms with E-state index in [0.29, 0.717) is 21.3 Å². The lowest BCUT2D eigenvalue weighted by Gasteiger charge is -2.35. The first-order valence-corrected chi connectivity index (χ1v) is 17.2. The molecule has 1 atom stereocenters. The Kier molecular flexibility index (Phi) is 11.2. The largest absolute Gasteiger partial charge is 0.352 e. The van der Waals surface area contributed by atoms with Crippen LogP contribution in [0.4, 0.5) is 5.69 Å². The van der Waals surface area contributed by atoms with Gasteiger partial charge >= 0.3 is 0 Å². The predicted molar refractivity (Wildman–Crippen MR) is 174 cm³/mol. The number of nitrogens with one attached hydrogen (secondary N) is 1. The number of rotatable bonds is 11. The van der Waals surface area contributed by atoms with Gasteiger partial charge in [0.25, 0.3) is 0 Å². The lowest BCUT2D eigenvalue weighted by molar-refractivity contribution is -0.140. The molecule has 1 N–H and O–H groups in total. The van der Waals surface area contributed by atoms with Gasteiger partial charge in [-0.1, -0.05) is 96.6 Å². The van der Waals surface area contributed by atoms with E-state index < -0.39 is 28.5 Å². The first kappa shape index (κ1) is 32.8. The van der Waals surface area contributed by atoms with Crippen molar-refractivity contribution in [3.05, 3.63) is 99.0 Å². The summed E-state index contributed by atoms with van der Waals surface area (Å²) in [7, 11) is -3.85. The van der Waals surface area contributed by atoms with Crippen molar-refractivity contribution < 1.29 is 18.0 Å². The molecule has 1 unspecified atom stereocenters. The van der Waals surface area contributed by atoms with E-state index in [1.807, 2.05) is 56.3 Å². The molecule has 43 heavy (non-hydrogen) atoms. The number of sulfonamides is 1. The summed E-state index contributed by atoms with van der Waals surface area (Å²) in [4.78, 5) is 29.8. The maximum atomic E-state index is 14.3. The fourth-order valence-electron chi connectivity index (χ4n) is 5.61. The highest BCUT2D eigenvalue weighted by Gasteiger charge is 2.34. The van der Waals surface area contributed by atoms with Crippen molar-refractivity contribution in [3.8, 4) is 0 Å². The van der Waals surface area contributed by atoms with Crippen LogP contribution >= 0.6 is 23.2 Å². The number of carbonyl (C=O) groups excluding carboxylic acids is 2. The van der Waals surface area contributed by atoms with E-state index in [-0.39, 0.29) is 24.9 Å². The van der Waals surface area contributed by atoms with Crippen molar-refractivity contribution >= 4 is 50.7 Å². The van der Waals surface area contributed by atoms with Gasteiger partial charge in [0.1, 0.15) is 12.6 Å². The third-order valence-electron chi connectivity index (χ3n) is 7.88. The highest BCUT2D eigenvalue weighted by molar-refractivity contribution is 7.92. The number of hydrogen-bond acceptors (Lipinski definition) is 4. The van der Waals surface area contributed by atoms with Crippen LogP contribution < -0.4 is 9.62 Å². The number of hydrogen-bond donors (Lipinski definition) is 1. The highest BCUT2D eigenvalue weighted by atomic mass is 35.5. The monoisotopic (exact) mass is 643 g/mol. The van der Waals surface area contributed by atoms with Crippen molar-refractivity contribution in [3.63, 3.8) is 0 Å². The third kappa shape index (κ3) is 8.97. The Balaban J connectivity index is 1.76. The maximum Gasteiger partial charge on any atom is 0.244 e. The van der Waals surface area contributed by atoms with Gasteiger partial charge < -0.3 is 10.2 Å². The Labute approximate surface area is 265 Å². The van der Waals surface area contributed by atoms with Gasteiger partial charge in [-0.15, -0.1) is 0 Å². The maximum absolute atomic E-state index is 14.3. The van der Waals surface area contributed by atoms with Crippen molar-refractivity contribution in [2.75, 3.05) is 17.1 Å². The molecular formula is C33H39Cl2N3O4S. The van der Waals surface area contributed by atoms with Crippen LogP contribution in [-0.2, 0) is 32.6 Å². The number of aryl methyl sites for hydroxylation is 2. The Morgan fingerprint density at radius 2 is 1.65 bits per heavy atom. The lowest BCUT2D eigenvalue weighted by atomic mass is 9.94. The van der Waals surface area contributed by atoms with Crippen molar-refractivity contribution in [2.24, 2.45) is 0 Å². The topological polar surface area (TPSA) is 86.8 Å². The molecule has 0 aliphatic heterocycles. The van der Waals surface area contributed by atoms with E-state index in [0.717, 1.165) is 59.4 Å². The van der Waals surface area contributed by atoms with Gasteiger partial charge in [-0.2, -0.15) is 0 Å². The second kappa shape index (κ2) is 14.6. The zero-order chi connectivity index (χ0) is 31.1. The average Bonchev–Trinajstić information content (AvgIpc) is 2.95. The average molecular weight is 645 g/mol. The summed E-state index contributed by atoms with van der Waals surface area (Å²) in [5.41, 5.74) is 3.59. The molecule has 1 aliphatic rings. The van der Waals surface area contributed by atoms with Gasteiger partial charge in [0.05, 0.1) is 11.9 Å². The fraction of sp³-hybridized carbons (Fsp3) is 0.394. The molecule has 3 aromatic carbocycles. The van der Waals surface area contributed by atoms with Crippen LogP contribution in [0, 0.1) is 13.8 Å². The van der Waals surface area contributed by atoms with E-state index in [1.165, 1.54) is 4.90 Å². The molecule has 0 heterocycles. The van der Waals surface area contributed by atoms with E-state index in [9.17, 15) is 18.0 Å². The molecule has 1 aliphatic carbocycles. The summed E-state index contributed by atoms with van der Waals surface area (Å²) in [5, 5.41) is 3.99. The highest BCUT2D eigenvalue weighted by Crippen LogP contribution is 2.27. The molecule has 3 aromatic rings. The first-order valence-electron chi connectivity index (χ1n) is 14.5. The first-order chi connectivity index (χ1) is 20.4. The third-order valence-corrected chi connectivity index (χ3v) is 9.59. The second-order valence-corrected chi connectivity index (χ2v) is 14.1. The zero-order valence-electron chi connectivity index (χ0n) is 24.9. The molecule has 10 heteroatoms. The summed E-state index contributed by atoms with van der Waals surface area (Å²) in [6, 6.07) is 19.0. The molecule has 1 saturated carbocycles. The molecule has 7 nitrogen and oxygen atoms in total. The normalized spacial score (nSPS) is 14.6. The number of nitrogens with zero attached hydrogens (tertiary/aromatic N) is 2. The minimum Gasteiger partial charge on any atom is -0.352 e. The Morgan fingerprint density at radius 3 is 2.28 bits per heavy atom. The predicted octanol–water partition coefficient (Wildman–Crippen LogP) is 6.47. The lowest BCUT2D eigenvalue weighted by Crippen LogP contribution is -2.55. The molecule has 0 bridgehead atoms. The van der Waals surface area contributed by atoms with Crippen LogP contribution in [0.5, 0.6) is 0 Å². The van der Waals surface area contributed by atoms with Gasteiger partial charge in [-0.3, -0.25) is 13.9 Å². The standard InChI is InChI=1S/C33H39Cl2N3O4S/c1-23-14-17-30(24(2)18-23)38(43(3,41)42)22-32(39)37(21-26-15-16-27(34)20-29(26)35)31(19-25-10-6-4-7-11-25)33(40)36-28-12-8-5-9-13-28/h4,6-7,10-11,14-18,20,28,31H,5,8-9,12-13,19,21-22H2,1-3H3,(H,36,40). The van der Waals surface area contributed by atoms with E-state index >= 15 is 0 Å². The van der Waals surface area contributed by atoms with Crippen molar-refractivity contribution in [1.29, 1.82) is 0 Å². The molecule has 2 amide bonds.